The van der Waals surface area contributed by atoms with Gasteiger partial charge in [-0.15, -0.1) is 0 Å². The molecular formula is C14H18N2O7. The summed E-state index contributed by atoms with van der Waals surface area (Å²) in [5.74, 6) is -1.20. The molecule has 1 aromatic carbocycles. The number of hydrogen-bond donors (Lipinski definition) is 2. The van der Waals surface area contributed by atoms with Gasteiger partial charge in [-0.25, -0.2) is 4.79 Å². The topological polar surface area (TPSA) is 112 Å². The number of amides is 2. The lowest BCUT2D eigenvalue weighted by atomic mass is 10.1. The second-order valence-electron chi connectivity index (χ2n) is 4.19. The Labute approximate surface area is 132 Å². The molecular weight excluding hydrogens is 308 g/mol. The Kier molecular flexibility index (Phi) is 6.66. The molecule has 0 fully saturated rings. The van der Waals surface area contributed by atoms with Crippen LogP contribution in [0.3, 0.4) is 0 Å². The number of carbonyl (C=O) groups is 3. The summed E-state index contributed by atoms with van der Waals surface area (Å²) in [6.07, 6.45) is 0. The number of nitrogens with one attached hydrogen (secondary N) is 2. The third kappa shape index (κ3) is 4.77. The van der Waals surface area contributed by atoms with Gasteiger partial charge in [-0.3, -0.25) is 20.4 Å². The molecule has 1 rings (SSSR count). The minimum atomic E-state index is -0.791. The third-order valence-corrected chi connectivity index (χ3v) is 2.64. The number of rotatable bonds is 6. The van der Waals surface area contributed by atoms with E-state index in [1.165, 1.54) is 40.4 Å². The molecule has 0 spiro atoms. The van der Waals surface area contributed by atoms with Gasteiger partial charge in [0.2, 0.25) is 11.7 Å². The van der Waals surface area contributed by atoms with Gasteiger partial charge in [0.25, 0.3) is 5.91 Å². The van der Waals surface area contributed by atoms with Crippen LogP contribution in [0.1, 0.15) is 17.3 Å². The molecule has 0 unspecified atom stereocenters. The van der Waals surface area contributed by atoms with E-state index in [0.717, 1.165) is 0 Å². The first-order valence-electron chi connectivity index (χ1n) is 6.46. The highest BCUT2D eigenvalue weighted by Crippen LogP contribution is 2.39. The highest BCUT2D eigenvalue weighted by atomic mass is 16.5. The normalized spacial score (nSPS) is 9.57. The van der Waals surface area contributed by atoms with E-state index in [1.54, 1.807) is 0 Å². The van der Waals surface area contributed by atoms with Gasteiger partial charge in [-0.2, -0.15) is 0 Å². The van der Waals surface area contributed by atoms with Crippen LogP contribution in [-0.2, 0) is 14.3 Å². The van der Waals surface area contributed by atoms with Crippen LogP contribution in [0.25, 0.3) is 0 Å². The summed E-state index contributed by atoms with van der Waals surface area (Å²) >= 11 is 0. The monoisotopic (exact) mass is 326 g/mol. The second-order valence-corrected chi connectivity index (χ2v) is 4.19. The summed E-state index contributed by atoms with van der Waals surface area (Å²) in [4.78, 5) is 34.1. The van der Waals surface area contributed by atoms with Crippen molar-refractivity contribution in [1.82, 2.24) is 10.9 Å². The molecule has 126 valence electrons. The molecule has 9 heteroatoms. The van der Waals surface area contributed by atoms with Gasteiger partial charge < -0.3 is 18.9 Å². The third-order valence-electron chi connectivity index (χ3n) is 2.64. The highest BCUT2D eigenvalue weighted by Gasteiger charge is 2.22. The van der Waals surface area contributed by atoms with E-state index < -0.39 is 24.4 Å². The number of hydrazine groups is 1. The van der Waals surface area contributed by atoms with Crippen LogP contribution in [0.15, 0.2) is 12.1 Å². The number of carbonyl (C=O) groups excluding carboxylic acids is 3. The fraction of sp³-hybridized carbons (Fsp3) is 0.357. The zero-order valence-electron chi connectivity index (χ0n) is 13.2. The Hall–Kier alpha value is -2.97. The standard InChI is InChI=1S/C14H18N2O7/c1-8(17)15-16-11(18)7-23-14(19)9-5-6-10(20-2)13(22-4)12(9)21-3/h5-6H,7H2,1-4H3,(H,15,17)(H,16,18). The van der Waals surface area contributed by atoms with Crippen molar-refractivity contribution in [1.29, 1.82) is 0 Å². The van der Waals surface area contributed by atoms with Crippen molar-refractivity contribution in [2.75, 3.05) is 27.9 Å². The van der Waals surface area contributed by atoms with Crippen LogP contribution < -0.4 is 25.1 Å². The van der Waals surface area contributed by atoms with E-state index in [0.29, 0.717) is 5.75 Å². The number of esters is 1. The molecule has 0 aliphatic heterocycles. The van der Waals surface area contributed by atoms with E-state index in [-0.39, 0.29) is 17.1 Å². The Bertz CT molecular complexity index is 601. The van der Waals surface area contributed by atoms with Crippen molar-refractivity contribution in [2.24, 2.45) is 0 Å². The lowest BCUT2D eigenvalue weighted by Crippen LogP contribution is -2.42. The van der Waals surface area contributed by atoms with Crippen molar-refractivity contribution >= 4 is 17.8 Å². The smallest absolute Gasteiger partial charge is 0.342 e. The molecule has 0 aliphatic rings. The Balaban J connectivity index is 2.84. The average Bonchev–Trinajstić information content (AvgIpc) is 2.55. The predicted molar refractivity (Wildman–Crippen MR) is 78.3 cm³/mol. The first-order valence-corrected chi connectivity index (χ1v) is 6.46. The number of methoxy groups -OCH3 is 3. The van der Waals surface area contributed by atoms with Crippen molar-refractivity contribution in [2.45, 2.75) is 6.92 Å². The zero-order chi connectivity index (χ0) is 17.4. The fourth-order valence-electron chi connectivity index (χ4n) is 1.66. The first-order chi connectivity index (χ1) is 10.9. The van der Waals surface area contributed by atoms with Gasteiger partial charge >= 0.3 is 5.97 Å². The minimum absolute atomic E-state index is 0.0671. The fourth-order valence-corrected chi connectivity index (χ4v) is 1.66. The van der Waals surface area contributed by atoms with Gasteiger partial charge in [0.05, 0.1) is 21.3 Å². The van der Waals surface area contributed by atoms with E-state index in [9.17, 15) is 14.4 Å². The Morgan fingerprint density at radius 1 is 0.957 bits per heavy atom. The van der Waals surface area contributed by atoms with Crippen LogP contribution in [0, 0.1) is 0 Å². The van der Waals surface area contributed by atoms with Crippen molar-refractivity contribution in [3.8, 4) is 17.2 Å². The lowest BCUT2D eigenvalue weighted by molar-refractivity contribution is -0.129. The second kappa shape index (κ2) is 8.47. The van der Waals surface area contributed by atoms with Gasteiger partial charge in [0.1, 0.15) is 5.56 Å². The average molecular weight is 326 g/mol. The Morgan fingerprint density at radius 2 is 1.61 bits per heavy atom. The van der Waals surface area contributed by atoms with Gasteiger partial charge in [-0.05, 0) is 12.1 Å². The predicted octanol–water partition coefficient (Wildman–Crippen LogP) is 0.0365. The summed E-state index contributed by atoms with van der Waals surface area (Å²) in [5.41, 5.74) is 4.21. The zero-order valence-corrected chi connectivity index (χ0v) is 13.2. The summed E-state index contributed by atoms with van der Waals surface area (Å²) in [5, 5.41) is 0. The van der Waals surface area contributed by atoms with E-state index in [4.69, 9.17) is 18.9 Å². The maximum atomic E-state index is 12.1. The maximum Gasteiger partial charge on any atom is 0.342 e. The summed E-state index contributed by atoms with van der Waals surface area (Å²) in [6, 6.07) is 2.93. The summed E-state index contributed by atoms with van der Waals surface area (Å²) in [6.45, 7) is 0.650. The Morgan fingerprint density at radius 3 is 2.13 bits per heavy atom. The maximum absolute atomic E-state index is 12.1. The SMILES string of the molecule is COc1ccc(C(=O)OCC(=O)NNC(C)=O)c(OC)c1OC. The molecule has 0 heterocycles. The molecule has 0 bridgehead atoms. The van der Waals surface area contributed by atoms with Crippen LogP contribution in [-0.4, -0.2) is 45.7 Å². The number of hydrogen-bond acceptors (Lipinski definition) is 7. The van der Waals surface area contributed by atoms with E-state index >= 15 is 0 Å². The van der Waals surface area contributed by atoms with Crippen molar-refractivity contribution in [3.05, 3.63) is 17.7 Å². The highest BCUT2D eigenvalue weighted by molar-refractivity contribution is 5.95. The largest absolute Gasteiger partial charge is 0.493 e. The molecule has 23 heavy (non-hydrogen) atoms. The number of benzene rings is 1. The lowest BCUT2D eigenvalue weighted by Gasteiger charge is -2.15. The van der Waals surface area contributed by atoms with E-state index in [2.05, 4.69) is 10.9 Å². The molecule has 0 aromatic heterocycles. The van der Waals surface area contributed by atoms with Crippen LogP contribution in [0.2, 0.25) is 0 Å². The molecule has 2 N–H and O–H groups in total. The molecule has 0 atom stereocenters. The molecule has 0 aliphatic carbocycles. The summed E-state index contributed by atoms with van der Waals surface area (Å²) in [7, 11) is 4.20. The van der Waals surface area contributed by atoms with E-state index in [1.807, 2.05) is 0 Å². The van der Waals surface area contributed by atoms with Crippen LogP contribution in [0.4, 0.5) is 0 Å². The first kappa shape index (κ1) is 18.1. The van der Waals surface area contributed by atoms with Crippen LogP contribution in [0.5, 0.6) is 17.2 Å². The molecule has 1 aromatic rings. The number of ether oxygens (including phenoxy) is 4. The van der Waals surface area contributed by atoms with Gasteiger partial charge in [0, 0.05) is 6.92 Å². The molecule has 0 saturated heterocycles. The molecule has 0 radical (unpaired) electrons. The summed E-state index contributed by atoms with van der Waals surface area (Å²) < 4.78 is 20.3. The van der Waals surface area contributed by atoms with Crippen molar-refractivity contribution in [3.63, 3.8) is 0 Å². The minimum Gasteiger partial charge on any atom is -0.493 e. The molecule has 2 amide bonds. The quantitative estimate of drug-likeness (QED) is 0.560. The van der Waals surface area contributed by atoms with Gasteiger partial charge in [0.15, 0.2) is 18.1 Å². The molecule has 9 nitrogen and oxygen atoms in total. The van der Waals surface area contributed by atoms with Crippen molar-refractivity contribution < 1.29 is 33.3 Å². The van der Waals surface area contributed by atoms with Gasteiger partial charge in [-0.1, -0.05) is 0 Å². The molecule has 0 saturated carbocycles. The van der Waals surface area contributed by atoms with Crippen LogP contribution >= 0.6 is 0 Å².